The Kier molecular flexibility index (Phi) is 4.52. The second kappa shape index (κ2) is 6.56. The third kappa shape index (κ3) is 3.04. The second-order valence-electron chi connectivity index (χ2n) is 5.49. The largest absolute Gasteiger partial charge is 0.384 e. The number of ether oxygens (including phenoxy) is 1. The van der Waals surface area contributed by atoms with E-state index in [1.165, 1.54) is 11.3 Å². The summed E-state index contributed by atoms with van der Waals surface area (Å²) in [6.07, 6.45) is 2.58. The van der Waals surface area contributed by atoms with E-state index in [1.54, 1.807) is 13.3 Å². The highest BCUT2D eigenvalue weighted by atomic mass is 32.1. The number of anilines is 1. The van der Waals surface area contributed by atoms with Crippen molar-refractivity contribution in [2.45, 2.75) is 6.42 Å². The molecule has 22 heavy (non-hydrogen) atoms. The lowest BCUT2D eigenvalue weighted by molar-refractivity contribution is -0.127. The summed E-state index contributed by atoms with van der Waals surface area (Å²) in [6.45, 7) is 1.90. The number of aromatic nitrogens is 1. The zero-order chi connectivity index (χ0) is 15.4. The minimum Gasteiger partial charge on any atom is -0.384 e. The maximum atomic E-state index is 12.6. The van der Waals surface area contributed by atoms with Crippen LogP contribution >= 0.6 is 11.3 Å². The Morgan fingerprint density at radius 2 is 2.27 bits per heavy atom. The van der Waals surface area contributed by atoms with Gasteiger partial charge in [0.15, 0.2) is 5.13 Å². The Bertz CT molecular complexity index is 636. The van der Waals surface area contributed by atoms with Crippen LogP contribution in [0.2, 0.25) is 0 Å². The first-order valence-corrected chi connectivity index (χ1v) is 8.07. The zero-order valence-electron chi connectivity index (χ0n) is 12.5. The minimum absolute atomic E-state index is 0.0201. The molecule has 3 rings (SSSR count). The van der Waals surface area contributed by atoms with Crippen LogP contribution in [0.4, 0.5) is 5.13 Å². The Morgan fingerprint density at radius 1 is 1.45 bits per heavy atom. The van der Waals surface area contributed by atoms with Crippen LogP contribution < -0.4 is 10.6 Å². The predicted molar refractivity (Wildman–Crippen MR) is 88.0 cm³/mol. The molecule has 0 aliphatic carbocycles. The number of carbonyl (C=O) groups is 1. The molecule has 116 valence electrons. The fourth-order valence-corrected chi connectivity index (χ4v) is 3.52. The summed E-state index contributed by atoms with van der Waals surface area (Å²) in [5.74, 6) is -0.0201. The third-order valence-corrected chi connectivity index (χ3v) is 4.89. The molecular formula is C16H19N3O2S. The van der Waals surface area contributed by atoms with Crippen LogP contribution in [0.15, 0.2) is 36.5 Å². The molecule has 6 heteroatoms. The smallest absolute Gasteiger partial charge is 0.236 e. The maximum absolute atomic E-state index is 12.6. The van der Waals surface area contributed by atoms with Crippen molar-refractivity contribution in [3.05, 3.63) is 36.5 Å². The van der Waals surface area contributed by atoms with Crippen molar-refractivity contribution >= 4 is 22.4 Å². The molecule has 0 radical (unpaired) electrons. The molecule has 1 aromatic heterocycles. The number of thiazole rings is 1. The van der Waals surface area contributed by atoms with Gasteiger partial charge in [0, 0.05) is 19.9 Å². The van der Waals surface area contributed by atoms with E-state index in [9.17, 15) is 4.79 Å². The molecule has 2 heterocycles. The first-order valence-electron chi connectivity index (χ1n) is 7.26. The molecule has 5 nitrogen and oxygen atoms in total. The van der Waals surface area contributed by atoms with Crippen LogP contribution in [0.1, 0.15) is 6.42 Å². The molecule has 0 spiro atoms. The van der Waals surface area contributed by atoms with Crippen LogP contribution in [0.5, 0.6) is 0 Å². The van der Waals surface area contributed by atoms with Gasteiger partial charge in [0.05, 0.1) is 16.9 Å². The summed E-state index contributed by atoms with van der Waals surface area (Å²) in [7, 11) is 1.63. The highest BCUT2D eigenvalue weighted by Gasteiger charge is 2.41. The molecule has 1 unspecified atom stereocenters. The summed E-state index contributed by atoms with van der Waals surface area (Å²) >= 11 is 1.49. The molecule has 1 aromatic carbocycles. The van der Waals surface area contributed by atoms with Crippen LogP contribution in [-0.4, -0.2) is 37.7 Å². The van der Waals surface area contributed by atoms with E-state index in [0.717, 1.165) is 23.4 Å². The van der Waals surface area contributed by atoms with E-state index in [1.807, 2.05) is 30.3 Å². The van der Waals surface area contributed by atoms with Gasteiger partial charge in [-0.3, -0.25) is 4.79 Å². The van der Waals surface area contributed by atoms with Crippen molar-refractivity contribution in [2.24, 2.45) is 5.41 Å². The molecule has 1 fully saturated rings. The fourth-order valence-electron chi connectivity index (χ4n) is 2.70. The van der Waals surface area contributed by atoms with Gasteiger partial charge in [0.2, 0.25) is 5.91 Å². The summed E-state index contributed by atoms with van der Waals surface area (Å²) in [5, 5.41) is 6.82. The quantitative estimate of drug-likeness (QED) is 0.889. The fraction of sp³-hybridized carbons (Fsp3) is 0.375. The molecule has 1 aliphatic heterocycles. The Balaban J connectivity index is 1.73. The number of hydrogen-bond acceptors (Lipinski definition) is 5. The van der Waals surface area contributed by atoms with Gasteiger partial charge in [0.25, 0.3) is 0 Å². The van der Waals surface area contributed by atoms with Crippen molar-refractivity contribution in [1.82, 2.24) is 10.3 Å². The highest BCUT2D eigenvalue weighted by molar-refractivity contribution is 7.19. The first kappa shape index (κ1) is 15.1. The predicted octanol–water partition coefficient (Wildman–Crippen LogP) is 2.37. The number of carbonyl (C=O) groups excluding carboxylic acids is 1. The van der Waals surface area contributed by atoms with Gasteiger partial charge in [-0.25, -0.2) is 4.98 Å². The van der Waals surface area contributed by atoms with Gasteiger partial charge >= 0.3 is 0 Å². The Hall–Kier alpha value is -1.76. The molecule has 2 aromatic rings. The van der Waals surface area contributed by atoms with Gasteiger partial charge in [0.1, 0.15) is 0 Å². The number of rotatable bonds is 5. The topological polar surface area (TPSA) is 63.2 Å². The van der Waals surface area contributed by atoms with Crippen molar-refractivity contribution in [3.8, 4) is 10.4 Å². The summed E-state index contributed by atoms with van der Waals surface area (Å²) in [4.78, 5) is 18.0. The molecule has 2 N–H and O–H groups in total. The minimum atomic E-state index is -0.493. The molecule has 1 saturated heterocycles. The van der Waals surface area contributed by atoms with E-state index in [0.29, 0.717) is 18.3 Å². The Labute approximate surface area is 133 Å². The average molecular weight is 317 g/mol. The van der Waals surface area contributed by atoms with Crippen LogP contribution in [0, 0.1) is 5.41 Å². The van der Waals surface area contributed by atoms with Gasteiger partial charge in [-0.2, -0.15) is 0 Å². The van der Waals surface area contributed by atoms with Crippen molar-refractivity contribution in [3.63, 3.8) is 0 Å². The Morgan fingerprint density at radius 3 is 2.95 bits per heavy atom. The zero-order valence-corrected chi connectivity index (χ0v) is 13.3. The van der Waals surface area contributed by atoms with E-state index in [4.69, 9.17) is 4.74 Å². The van der Waals surface area contributed by atoms with E-state index < -0.39 is 5.41 Å². The van der Waals surface area contributed by atoms with E-state index in [-0.39, 0.29) is 5.91 Å². The molecule has 1 aliphatic rings. The number of nitrogens with zero attached hydrogens (tertiary/aromatic N) is 1. The number of methoxy groups -OCH3 is 1. The monoisotopic (exact) mass is 317 g/mol. The standard InChI is InChI=1S/C16H19N3O2S/c1-21-11-16(7-8-17-10-16)14(20)19-15-18-9-13(22-15)12-5-3-2-4-6-12/h2-6,9,17H,7-8,10-11H2,1H3,(H,18,19,20). The summed E-state index contributed by atoms with van der Waals surface area (Å²) in [5.41, 5.74) is 0.613. The van der Waals surface area contributed by atoms with Crippen LogP contribution in [0.3, 0.4) is 0 Å². The molecule has 0 bridgehead atoms. The van der Waals surface area contributed by atoms with E-state index in [2.05, 4.69) is 15.6 Å². The first-order chi connectivity index (χ1) is 10.7. The van der Waals surface area contributed by atoms with E-state index >= 15 is 0 Å². The number of hydrogen-bond donors (Lipinski definition) is 2. The summed E-state index contributed by atoms with van der Waals surface area (Å²) < 4.78 is 5.24. The van der Waals surface area contributed by atoms with Crippen LogP contribution in [0.25, 0.3) is 10.4 Å². The third-order valence-electron chi connectivity index (χ3n) is 3.93. The second-order valence-corrected chi connectivity index (χ2v) is 6.52. The van der Waals surface area contributed by atoms with Gasteiger partial charge < -0.3 is 15.4 Å². The van der Waals surface area contributed by atoms with Gasteiger partial charge in [-0.15, -0.1) is 0 Å². The van der Waals surface area contributed by atoms with Crippen molar-refractivity contribution in [1.29, 1.82) is 0 Å². The number of benzene rings is 1. The summed E-state index contributed by atoms with van der Waals surface area (Å²) in [6, 6.07) is 10.0. The van der Waals surface area contributed by atoms with Crippen molar-refractivity contribution < 1.29 is 9.53 Å². The maximum Gasteiger partial charge on any atom is 0.236 e. The molecule has 0 saturated carbocycles. The molecule has 1 atom stereocenters. The lowest BCUT2D eigenvalue weighted by Crippen LogP contribution is -2.41. The number of amides is 1. The SMILES string of the molecule is COCC1(C(=O)Nc2ncc(-c3ccccc3)s2)CCNC1. The lowest BCUT2D eigenvalue weighted by atomic mass is 9.87. The van der Waals surface area contributed by atoms with Gasteiger partial charge in [-0.1, -0.05) is 41.7 Å². The lowest BCUT2D eigenvalue weighted by Gasteiger charge is -2.25. The van der Waals surface area contributed by atoms with Crippen LogP contribution in [-0.2, 0) is 9.53 Å². The average Bonchev–Trinajstić information content (AvgIpc) is 3.19. The molecular weight excluding hydrogens is 298 g/mol. The number of nitrogens with one attached hydrogen (secondary N) is 2. The normalized spacial score (nSPS) is 21.0. The van der Waals surface area contributed by atoms with Gasteiger partial charge in [-0.05, 0) is 18.5 Å². The highest BCUT2D eigenvalue weighted by Crippen LogP contribution is 2.32. The van der Waals surface area contributed by atoms with Crippen molar-refractivity contribution in [2.75, 3.05) is 32.1 Å². The molecule has 1 amide bonds.